The SMILES string of the molecule is CCCN1C[C@H](C)NC[C@@]1(C)CCC. The summed E-state index contributed by atoms with van der Waals surface area (Å²) in [5.74, 6) is 0. The van der Waals surface area contributed by atoms with Crippen LogP contribution in [0, 0.1) is 0 Å². The molecule has 1 rings (SSSR count). The van der Waals surface area contributed by atoms with Gasteiger partial charge in [-0.2, -0.15) is 0 Å². The second kappa shape index (κ2) is 5.13. The molecule has 0 saturated carbocycles. The number of hydrogen-bond donors (Lipinski definition) is 1. The van der Waals surface area contributed by atoms with Crippen LogP contribution < -0.4 is 5.32 Å². The van der Waals surface area contributed by atoms with Crippen LogP contribution in [0.25, 0.3) is 0 Å². The highest BCUT2D eigenvalue weighted by Crippen LogP contribution is 2.24. The van der Waals surface area contributed by atoms with Crippen molar-refractivity contribution in [3.05, 3.63) is 0 Å². The van der Waals surface area contributed by atoms with Crippen LogP contribution in [0.5, 0.6) is 0 Å². The Kier molecular flexibility index (Phi) is 4.39. The number of nitrogens with one attached hydrogen (secondary N) is 1. The number of piperazine rings is 1. The second-order valence-corrected chi connectivity index (χ2v) is 4.97. The van der Waals surface area contributed by atoms with Crippen LogP contribution >= 0.6 is 0 Å². The van der Waals surface area contributed by atoms with Crippen LogP contribution in [0.2, 0.25) is 0 Å². The van der Waals surface area contributed by atoms with Crippen molar-refractivity contribution in [1.82, 2.24) is 10.2 Å². The molecule has 0 aromatic heterocycles. The zero-order chi connectivity index (χ0) is 10.6. The van der Waals surface area contributed by atoms with Crippen molar-refractivity contribution in [3.63, 3.8) is 0 Å². The molecule has 2 heteroatoms. The van der Waals surface area contributed by atoms with Crippen LogP contribution in [0.1, 0.15) is 47.0 Å². The quantitative estimate of drug-likeness (QED) is 0.745. The highest BCUT2D eigenvalue weighted by atomic mass is 15.3. The molecular formula is C12H26N2. The van der Waals surface area contributed by atoms with Crippen molar-refractivity contribution in [3.8, 4) is 0 Å². The van der Waals surface area contributed by atoms with Crippen molar-refractivity contribution in [2.45, 2.75) is 58.5 Å². The van der Waals surface area contributed by atoms with E-state index >= 15 is 0 Å². The molecule has 1 N–H and O–H groups in total. The van der Waals surface area contributed by atoms with E-state index in [9.17, 15) is 0 Å². The van der Waals surface area contributed by atoms with Crippen LogP contribution in [0.4, 0.5) is 0 Å². The minimum atomic E-state index is 0.400. The van der Waals surface area contributed by atoms with Crippen LogP contribution in [-0.2, 0) is 0 Å². The lowest BCUT2D eigenvalue weighted by Gasteiger charge is -2.47. The lowest BCUT2D eigenvalue weighted by molar-refractivity contribution is 0.0485. The molecule has 1 aliphatic rings. The number of rotatable bonds is 4. The summed E-state index contributed by atoms with van der Waals surface area (Å²) in [5, 5.41) is 3.60. The Morgan fingerprint density at radius 1 is 1.36 bits per heavy atom. The number of nitrogens with zero attached hydrogens (tertiary/aromatic N) is 1. The maximum atomic E-state index is 3.60. The first-order chi connectivity index (χ1) is 6.62. The molecule has 2 atom stereocenters. The predicted octanol–water partition coefficient (Wildman–Crippen LogP) is 2.25. The summed E-state index contributed by atoms with van der Waals surface area (Å²) in [6.07, 6.45) is 3.87. The predicted molar refractivity (Wildman–Crippen MR) is 62.6 cm³/mol. The Balaban J connectivity index is 2.60. The monoisotopic (exact) mass is 198 g/mol. The third-order valence-electron chi connectivity index (χ3n) is 3.37. The smallest absolute Gasteiger partial charge is 0.0306 e. The lowest BCUT2D eigenvalue weighted by Crippen LogP contribution is -2.62. The molecule has 1 heterocycles. The molecule has 1 fully saturated rings. The molecule has 1 aliphatic heterocycles. The van der Waals surface area contributed by atoms with Crippen molar-refractivity contribution < 1.29 is 0 Å². The van der Waals surface area contributed by atoms with Gasteiger partial charge in [0.1, 0.15) is 0 Å². The normalized spacial score (nSPS) is 34.7. The molecule has 1 saturated heterocycles. The molecule has 0 amide bonds. The average molecular weight is 198 g/mol. The first kappa shape index (κ1) is 12.0. The summed E-state index contributed by atoms with van der Waals surface area (Å²) in [5.41, 5.74) is 0.400. The fourth-order valence-electron chi connectivity index (χ4n) is 2.54. The zero-order valence-electron chi connectivity index (χ0n) is 10.3. The largest absolute Gasteiger partial charge is 0.311 e. The third-order valence-corrected chi connectivity index (χ3v) is 3.37. The van der Waals surface area contributed by atoms with E-state index in [2.05, 4.69) is 37.9 Å². The van der Waals surface area contributed by atoms with Gasteiger partial charge in [0.15, 0.2) is 0 Å². The highest BCUT2D eigenvalue weighted by Gasteiger charge is 2.34. The van der Waals surface area contributed by atoms with Crippen molar-refractivity contribution in [2.24, 2.45) is 0 Å². The van der Waals surface area contributed by atoms with E-state index in [0.29, 0.717) is 11.6 Å². The maximum Gasteiger partial charge on any atom is 0.0306 e. The highest BCUT2D eigenvalue weighted by molar-refractivity contribution is 4.94. The molecule has 0 aromatic rings. The third kappa shape index (κ3) is 2.71. The van der Waals surface area contributed by atoms with E-state index in [-0.39, 0.29) is 0 Å². The Morgan fingerprint density at radius 2 is 2.07 bits per heavy atom. The van der Waals surface area contributed by atoms with Gasteiger partial charge in [0.05, 0.1) is 0 Å². The Labute approximate surface area is 89.1 Å². The molecular weight excluding hydrogens is 172 g/mol. The van der Waals surface area contributed by atoms with Crippen LogP contribution in [0.3, 0.4) is 0 Å². The first-order valence-electron chi connectivity index (χ1n) is 6.11. The lowest BCUT2D eigenvalue weighted by atomic mass is 9.90. The van der Waals surface area contributed by atoms with Gasteiger partial charge in [0, 0.05) is 24.7 Å². The van der Waals surface area contributed by atoms with Gasteiger partial charge in [0.25, 0.3) is 0 Å². The molecule has 0 aliphatic carbocycles. The molecule has 14 heavy (non-hydrogen) atoms. The Morgan fingerprint density at radius 3 is 2.64 bits per heavy atom. The van der Waals surface area contributed by atoms with Gasteiger partial charge in [-0.1, -0.05) is 20.3 Å². The zero-order valence-corrected chi connectivity index (χ0v) is 10.3. The standard InChI is InChI=1S/C12H26N2/c1-5-7-12(4)10-13-11(3)9-14(12)8-6-2/h11,13H,5-10H2,1-4H3/t11-,12+/m0/s1. The van der Waals surface area contributed by atoms with Crippen LogP contribution in [-0.4, -0.2) is 36.1 Å². The van der Waals surface area contributed by atoms with E-state index in [1.54, 1.807) is 0 Å². The van der Waals surface area contributed by atoms with Gasteiger partial charge in [0.2, 0.25) is 0 Å². The summed E-state index contributed by atoms with van der Waals surface area (Å²) in [7, 11) is 0. The van der Waals surface area contributed by atoms with E-state index in [1.807, 2.05) is 0 Å². The van der Waals surface area contributed by atoms with E-state index in [1.165, 1.54) is 32.4 Å². The van der Waals surface area contributed by atoms with Gasteiger partial charge >= 0.3 is 0 Å². The molecule has 2 nitrogen and oxygen atoms in total. The van der Waals surface area contributed by atoms with Crippen molar-refractivity contribution in [2.75, 3.05) is 19.6 Å². The molecule has 0 spiro atoms. The summed E-state index contributed by atoms with van der Waals surface area (Å²) < 4.78 is 0. The van der Waals surface area contributed by atoms with Gasteiger partial charge < -0.3 is 5.32 Å². The maximum absolute atomic E-state index is 3.60. The van der Waals surface area contributed by atoms with E-state index in [4.69, 9.17) is 0 Å². The van der Waals surface area contributed by atoms with Gasteiger partial charge in [-0.15, -0.1) is 0 Å². The Hall–Kier alpha value is -0.0800. The van der Waals surface area contributed by atoms with Crippen molar-refractivity contribution >= 4 is 0 Å². The van der Waals surface area contributed by atoms with Gasteiger partial charge in [-0.25, -0.2) is 0 Å². The summed E-state index contributed by atoms with van der Waals surface area (Å²) in [6, 6.07) is 0.659. The minimum absolute atomic E-state index is 0.400. The summed E-state index contributed by atoms with van der Waals surface area (Å²) in [4.78, 5) is 2.68. The van der Waals surface area contributed by atoms with Gasteiger partial charge in [-0.3, -0.25) is 4.90 Å². The molecule has 0 bridgehead atoms. The molecule has 0 radical (unpaired) electrons. The average Bonchev–Trinajstić information content (AvgIpc) is 2.13. The minimum Gasteiger partial charge on any atom is -0.311 e. The summed E-state index contributed by atoms with van der Waals surface area (Å²) in [6.45, 7) is 12.9. The molecule has 84 valence electrons. The summed E-state index contributed by atoms with van der Waals surface area (Å²) >= 11 is 0. The topological polar surface area (TPSA) is 15.3 Å². The molecule has 0 unspecified atom stereocenters. The van der Waals surface area contributed by atoms with Gasteiger partial charge in [-0.05, 0) is 33.2 Å². The van der Waals surface area contributed by atoms with E-state index < -0.39 is 0 Å². The fourth-order valence-corrected chi connectivity index (χ4v) is 2.54. The van der Waals surface area contributed by atoms with Crippen LogP contribution in [0.15, 0.2) is 0 Å². The number of hydrogen-bond acceptors (Lipinski definition) is 2. The fraction of sp³-hybridized carbons (Fsp3) is 1.00. The Bertz CT molecular complexity index is 170. The first-order valence-corrected chi connectivity index (χ1v) is 6.11. The molecule has 0 aromatic carbocycles. The van der Waals surface area contributed by atoms with E-state index in [0.717, 1.165) is 6.54 Å². The second-order valence-electron chi connectivity index (χ2n) is 4.97. The van der Waals surface area contributed by atoms with Crippen molar-refractivity contribution in [1.29, 1.82) is 0 Å².